The van der Waals surface area contributed by atoms with E-state index in [1.54, 1.807) is 6.07 Å². The summed E-state index contributed by atoms with van der Waals surface area (Å²) in [6, 6.07) is 1.69. The minimum absolute atomic E-state index is 0.237. The fraction of sp³-hybridized carbons (Fsp3) is 0.200. The Balaban J connectivity index is 1.85. The summed E-state index contributed by atoms with van der Waals surface area (Å²) < 4.78 is 0. The Kier molecular flexibility index (Phi) is 1.98. The minimum atomic E-state index is -0.936. The number of aromatic nitrogens is 1. The molecule has 0 amide bonds. The predicted octanol–water partition coefficient (Wildman–Crippen LogP) is 2.07. The zero-order valence-corrected chi connectivity index (χ0v) is 10.2. The Morgan fingerprint density at radius 2 is 2.32 bits per heavy atom. The van der Waals surface area contributed by atoms with Gasteiger partial charge in [0.1, 0.15) is 0 Å². The largest absolute Gasteiger partial charge is 0.478 e. The number of rotatable bonds is 1. The first kappa shape index (κ1) is 10.6. The second-order valence-electron chi connectivity index (χ2n) is 5.07. The van der Waals surface area contributed by atoms with Gasteiger partial charge in [0.25, 0.3) is 0 Å². The zero-order chi connectivity index (χ0) is 13.0. The summed E-state index contributed by atoms with van der Waals surface area (Å²) in [5.74, 6) is -0.478. The third-order valence-corrected chi connectivity index (χ3v) is 3.90. The molecular formula is C15H12N2O2. The molecule has 0 bridgehead atoms. The third kappa shape index (κ3) is 1.46. The molecule has 4 nitrogen and oxygen atoms in total. The van der Waals surface area contributed by atoms with Crippen LogP contribution in [-0.4, -0.2) is 22.6 Å². The van der Waals surface area contributed by atoms with Gasteiger partial charge in [0, 0.05) is 35.5 Å². The molecule has 4 rings (SSSR count). The highest BCUT2D eigenvalue weighted by molar-refractivity contribution is 5.98. The molecule has 2 heterocycles. The molecular weight excluding hydrogens is 240 g/mol. The van der Waals surface area contributed by atoms with E-state index in [1.807, 2.05) is 6.08 Å². The van der Waals surface area contributed by atoms with Crippen LogP contribution in [0.3, 0.4) is 0 Å². The molecule has 19 heavy (non-hydrogen) atoms. The third-order valence-electron chi connectivity index (χ3n) is 3.90. The van der Waals surface area contributed by atoms with Gasteiger partial charge in [-0.05, 0) is 30.2 Å². The number of carboxylic acid groups (broad SMARTS) is 1. The molecule has 4 heteroatoms. The number of nitrogens with one attached hydrogen (secondary N) is 1. The second kappa shape index (κ2) is 3.57. The van der Waals surface area contributed by atoms with Gasteiger partial charge in [-0.15, -0.1) is 0 Å². The van der Waals surface area contributed by atoms with Crippen molar-refractivity contribution in [3.63, 3.8) is 0 Å². The number of nitrogens with zero attached hydrogens (tertiary/aromatic N) is 1. The van der Waals surface area contributed by atoms with Crippen molar-refractivity contribution in [3.05, 3.63) is 52.5 Å². The molecule has 1 unspecified atom stereocenters. The van der Waals surface area contributed by atoms with Gasteiger partial charge in [0.05, 0.1) is 11.3 Å². The number of hydrogen-bond acceptors (Lipinski definition) is 3. The molecule has 2 aliphatic carbocycles. The Hall–Kier alpha value is -2.36. The van der Waals surface area contributed by atoms with E-state index in [0.29, 0.717) is 5.92 Å². The summed E-state index contributed by atoms with van der Waals surface area (Å²) in [5.41, 5.74) is 5.58. The van der Waals surface area contributed by atoms with E-state index in [-0.39, 0.29) is 5.56 Å². The van der Waals surface area contributed by atoms with Crippen molar-refractivity contribution in [2.24, 2.45) is 5.92 Å². The lowest BCUT2D eigenvalue weighted by molar-refractivity contribution is 0.0696. The van der Waals surface area contributed by atoms with Crippen LogP contribution >= 0.6 is 0 Å². The van der Waals surface area contributed by atoms with E-state index < -0.39 is 5.97 Å². The maximum Gasteiger partial charge on any atom is 0.337 e. The molecule has 0 aromatic carbocycles. The monoisotopic (exact) mass is 252 g/mol. The number of allylic oxidation sites excluding steroid dienone is 4. The van der Waals surface area contributed by atoms with E-state index in [2.05, 4.69) is 22.5 Å². The van der Waals surface area contributed by atoms with Crippen LogP contribution in [0, 0.1) is 5.92 Å². The van der Waals surface area contributed by atoms with Crippen LogP contribution in [0.5, 0.6) is 0 Å². The van der Waals surface area contributed by atoms with Crippen molar-refractivity contribution in [2.75, 3.05) is 6.54 Å². The Bertz CT molecular complexity index is 698. The first-order valence-electron chi connectivity index (χ1n) is 6.35. The summed E-state index contributed by atoms with van der Waals surface area (Å²) >= 11 is 0. The molecule has 0 radical (unpaired) electrons. The topological polar surface area (TPSA) is 62.2 Å². The Labute approximate surface area is 110 Å². The van der Waals surface area contributed by atoms with Crippen molar-refractivity contribution in [1.82, 2.24) is 10.3 Å². The van der Waals surface area contributed by atoms with Crippen LogP contribution in [0.4, 0.5) is 0 Å². The van der Waals surface area contributed by atoms with Gasteiger partial charge in [0.2, 0.25) is 0 Å². The molecule has 2 N–H and O–H groups in total. The highest BCUT2D eigenvalue weighted by Crippen LogP contribution is 2.41. The molecule has 1 aromatic heterocycles. The highest BCUT2D eigenvalue weighted by atomic mass is 16.4. The lowest BCUT2D eigenvalue weighted by atomic mass is 9.91. The summed E-state index contributed by atoms with van der Waals surface area (Å²) in [4.78, 5) is 15.3. The van der Waals surface area contributed by atoms with Gasteiger partial charge in [-0.25, -0.2) is 4.79 Å². The Morgan fingerprint density at radius 3 is 3.16 bits per heavy atom. The van der Waals surface area contributed by atoms with Crippen LogP contribution < -0.4 is 5.32 Å². The molecule has 1 aromatic rings. The number of aromatic carboxylic acids is 1. The average Bonchev–Trinajstić information content (AvgIpc) is 2.97. The smallest absolute Gasteiger partial charge is 0.337 e. The minimum Gasteiger partial charge on any atom is -0.478 e. The van der Waals surface area contributed by atoms with E-state index in [1.165, 1.54) is 11.9 Å². The van der Waals surface area contributed by atoms with Crippen molar-refractivity contribution in [2.45, 2.75) is 6.42 Å². The molecule has 3 aliphatic rings. The normalized spacial score (nSPS) is 22.5. The lowest BCUT2D eigenvalue weighted by Gasteiger charge is -2.16. The summed E-state index contributed by atoms with van der Waals surface area (Å²) in [7, 11) is 0. The van der Waals surface area contributed by atoms with E-state index in [9.17, 15) is 4.79 Å². The van der Waals surface area contributed by atoms with Gasteiger partial charge in [-0.2, -0.15) is 0 Å². The summed E-state index contributed by atoms with van der Waals surface area (Å²) in [6.07, 6.45) is 8.98. The van der Waals surface area contributed by atoms with Gasteiger partial charge in [-0.1, -0.05) is 6.08 Å². The molecule has 1 atom stereocenters. The summed E-state index contributed by atoms with van der Waals surface area (Å²) in [6.45, 7) is 1.02. The molecule has 94 valence electrons. The fourth-order valence-corrected chi connectivity index (χ4v) is 2.97. The van der Waals surface area contributed by atoms with Crippen LogP contribution in [0.1, 0.15) is 28.0 Å². The predicted molar refractivity (Wildman–Crippen MR) is 71.3 cm³/mol. The van der Waals surface area contributed by atoms with Crippen molar-refractivity contribution < 1.29 is 9.90 Å². The van der Waals surface area contributed by atoms with E-state index in [4.69, 9.17) is 5.11 Å². The summed E-state index contributed by atoms with van der Waals surface area (Å²) in [5, 5.41) is 12.4. The van der Waals surface area contributed by atoms with Crippen molar-refractivity contribution in [1.29, 1.82) is 0 Å². The standard InChI is InChI=1S/C15H12N2O2/c18-15(19)11-4-10-3-9-6-13-8(1-2-16-13)5-12(9)14(10)17-7-11/h3-8,16H,1-2H2,(H,18,19). The number of hydrogen-bond donors (Lipinski definition) is 2. The molecule has 0 saturated carbocycles. The number of carboxylic acids is 1. The zero-order valence-electron chi connectivity index (χ0n) is 10.2. The first-order valence-corrected chi connectivity index (χ1v) is 6.35. The lowest BCUT2D eigenvalue weighted by Crippen LogP contribution is -2.09. The van der Waals surface area contributed by atoms with Gasteiger partial charge in [-0.3, -0.25) is 4.98 Å². The molecule has 1 saturated heterocycles. The number of fused-ring (bicyclic) bond motifs is 4. The number of carbonyl (C=O) groups is 1. The maximum absolute atomic E-state index is 11.0. The van der Waals surface area contributed by atoms with Crippen LogP contribution in [0.15, 0.2) is 35.7 Å². The van der Waals surface area contributed by atoms with Gasteiger partial charge >= 0.3 is 5.97 Å². The SMILES string of the molecule is O=C(O)c1cnc2c(c1)C=C1C=C3NCCC3C=C12. The highest BCUT2D eigenvalue weighted by Gasteiger charge is 2.29. The fourth-order valence-electron chi connectivity index (χ4n) is 2.97. The number of pyridine rings is 1. The van der Waals surface area contributed by atoms with Crippen LogP contribution in [0.25, 0.3) is 11.6 Å². The van der Waals surface area contributed by atoms with Crippen molar-refractivity contribution >= 4 is 17.6 Å². The van der Waals surface area contributed by atoms with Crippen LogP contribution in [0.2, 0.25) is 0 Å². The van der Waals surface area contributed by atoms with E-state index >= 15 is 0 Å². The average molecular weight is 252 g/mol. The van der Waals surface area contributed by atoms with Gasteiger partial charge < -0.3 is 10.4 Å². The quantitative estimate of drug-likeness (QED) is 0.803. The van der Waals surface area contributed by atoms with E-state index in [0.717, 1.165) is 35.4 Å². The van der Waals surface area contributed by atoms with Crippen LogP contribution in [-0.2, 0) is 0 Å². The molecule has 0 spiro atoms. The molecule has 1 fully saturated rings. The van der Waals surface area contributed by atoms with Gasteiger partial charge in [0.15, 0.2) is 0 Å². The molecule has 1 aliphatic heterocycles. The maximum atomic E-state index is 11.0. The Morgan fingerprint density at radius 1 is 1.42 bits per heavy atom. The van der Waals surface area contributed by atoms with Crippen molar-refractivity contribution in [3.8, 4) is 0 Å². The second-order valence-corrected chi connectivity index (χ2v) is 5.07. The first-order chi connectivity index (χ1) is 9.22.